The molecule has 2 N–H and O–H groups in total. The SMILES string of the molecule is [C-]#[N+]c1[nH]n(-c2ccccc2)c(=O)c1C=Nc1ccccc1O. The Kier molecular flexibility index (Phi) is 3.77. The van der Waals surface area contributed by atoms with Crippen LogP contribution in [0.1, 0.15) is 5.56 Å². The van der Waals surface area contributed by atoms with E-state index in [1.54, 1.807) is 42.5 Å². The summed E-state index contributed by atoms with van der Waals surface area (Å²) in [6.45, 7) is 7.21. The van der Waals surface area contributed by atoms with Gasteiger partial charge in [-0.15, -0.1) is 0 Å². The number of nitrogens with one attached hydrogen (secondary N) is 1. The lowest BCUT2D eigenvalue weighted by atomic mass is 10.3. The third-order valence-corrected chi connectivity index (χ3v) is 3.25. The minimum Gasteiger partial charge on any atom is -0.506 e. The van der Waals surface area contributed by atoms with E-state index in [0.717, 1.165) is 0 Å². The Morgan fingerprint density at radius 1 is 1.13 bits per heavy atom. The molecule has 0 saturated carbocycles. The van der Waals surface area contributed by atoms with Gasteiger partial charge in [-0.05, 0) is 24.3 Å². The standard InChI is InChI=1S/C17H12N4O2/c1-18-16-13(11-19-14-9-5-6-10-15(14)22)17(23)21(20-16)12-7-3-2-4-8-12/h2-11,20,22H. The first-order chi connectivity index (χ1) is 11.2. The van der Waals surface area contributed by atoms with Crippen molar-refractivity contribution in [3.05, 3.63) is 81.9 Å². The average molecular weight is 304 g/mol. The first kappa shape index (κ1) is 14.4. The van der Waals surface area contributed by atoms with Gasteiger partial charge >= 0.3 is 0 Å². The predicted molar refractivity (Wildman–Crippen MR) is 88.0 cm³/mol. The maximum atomic E-state index is 12.5. The fourth-order valence-electron chi connectivity index (χ4n) is 2.11. The monoisotopic (exact) mass is 304 g/mol. The van der Waals surface area contributed by atoms with Gasteiger partial charge in [0.25, 0.3) is 11.4 Å². The zero-order valence-electron chi connectivity index (χ0n) is 12.0. The number of benzene rings is 2. The van der Waals surface area contributed by atoms with Gasteiger partial charge in [0.15, 0.2) is 0 Å². The van der Waals surface area contributed by atoms with Crippen LogP contribution in [0.5, 0.6) is 5.75 Å². The van der Waals surface area contributed by atoms with Gasteiger partial charge in [0.2, 0.25) is 0 Å². The minimum atomic E-state index is -0.374. The number of H-pyrrole nitrogens is 1. The summed E-state index contributed by atoms with van der Waals surface area (Å²) >= 11 is 0. The van der Waals surface area contributed by atoms with E-state index >= 15 is 0 Å². The zero-order valence-corrected chi connectivity index (χ0v) is 12.0. The number of hydrogen-bond donors (Lipinski definition) is 2. The molecule has 112 valence electrons. The van der Waals surface area contributed by atoms with E-state index in [2.05, 4.69) is 14.9 Å². The van der Waals surface area contributed by atoms with E-state index in [4.69, 9.17) is 6.57 Å². The van der Waals surface area contributed by atoms with Crippen molar-refractivity contribution in [2.45, 2.75) is 0 Å². The van der Waals surface area contributed by atoms with E-state index in [9.17, 15) is 9.90 Å². The van der Waals surface area contributed by atoms with E-state index in [1.807, 2.05) is 6.07 Å². The molecule has 1 heterocycles. The predicted octanol–water partition coefficient (Wildman–Crippen LogP) is 3.17. The lowest BCUT2D eigenvalue weighted by Crippen LogP contribution is -2.16. The molecule has 0 aliphatic heterocycles. The Bertz CT molecular complexity index is 962. The molecule has 0 aliphatic rings. The highest BCUT2D eigenvalue weighted by Crippen LogP contribution is 2.25. The quantitative estimate of drug-likeness (QED) is 0.576. The van der Waals surface area contributed by atoms with E-state index < -0.39 is 0 Å². The van der Waals surface area contributed by atoms with Crippen molar-refractivity contribution >= 4 is 17.7 Å². The number of hydrogen-bond acceptors (Lipinski definition) is 3. The van der Waals surface area contributed by atoms with Crippen LogP contribution in [0.4, 0.5) is 11.5 Å². The number of phenols is 1. The lowest BCUT2D eigenvalue weighted by molar-refractivity contribution is 0.477. The zero-order chi connectivity index (χ0) is 16.2. The fourth-order valence-corrected chi connectivity index (χ4v) is 2.11. The van der Waals surface area contributed by atoms with Crippen LogP contribution in [0.2, 0.25) is 0 Å². The van der Waals surface area contributed by atoms with Gasteiger partial charge in [0.1, 0.15) is 11.4 Å². The first-order valence-corrected chi connectivity index (χ1v) is 6.80. The fraction of sp³-hybridized carbons (Fsp3) is 0. The van der Waals surface area contributed by atoms with Crippen LogP contribution in [0.3, 0.4) is 0 Å². The highest BCUT2D eigenvalue weighted by Gasteiger charge is 2.14. The minimum absolute atomic E-state index is 0.00651. The molecule has 0 aliphatic carbocycles. The second-order valence-electron chi connectivity index (χ2n) is 4.71. The topological polar surface area (TPSA) is 74.7 Å². The van der Waals surface area contributed by atoms with Crippen LogP contribution in [0.25, 0.3) is 10.5 Å². The second-order valence-corrected chi connectivity index (χ2v) is 4.71. The molecule has 23 heavy (non-hydrogen) atoms. The maximum Gasteiger partial charge on any atom is 0.284 e. The van der Waals surface area contributed by atoms with Gasteiger partial charge in [-0.25, -0.2) is 5.10 Å². The summed E-state index contributed by atoms with van der Waals surface area (Å²) in [5, 5.41) is 12.5. The Morgan fingerprint density at radius 2 is 1.83 bits per heavy atom. The van der Waals surface area contributed by atoms with E-state index in [0.29, 0.717) is 11.4 Å². The molecule has 0 unspecified atom stereocenters. The van der Waals surface area contributed by atoms with Crippen LogP contribution in [0, 0.1) is 6.57 Å². The van der Waals surface area contributed by atoms with Crippen molar-refractivity contribution in [3.8, 4) is 11.4 Å². The lowest BCUT2D eigenvalue weighted by Gasteiger charge is -1.96. The molecule has 0 bridgehead atoms. The Hall–Kier alpha value is -3.59. The van der Waals surface area contributed by atoms with Gasteiger partial charge in [-0.2, -0.15) is 4.68 Å². The van der Waals surface area contributed by atoms with Gasteiger partial charge in [-0.3, -0.25) is 9.79 Å². The van der Waals surface area contributed by atoms with Gasteiger partial charge < -0.3 is 9.95 Å². The molecule has 3 rings (SSSR count). The maximum absolute atomic E-state index is 12.5. The smallest absolute Gasteiger partial charge is 0.284 e. The number of rotatable bonds is 3. The van der Waals surface area contributed by atoms with Crippen LogP contribution in [0.15, 0.2) is 64.4 Å². The van der Waals surface area contributed by atoms with Crippen LogP contribution in [-0.2, 0) is 0 Å². The highest BCUT2D eigenvalue weighted by molar-refractivity contribution is 5.88. The summed E-state index contributed by atoms with van der Waals surface area (Å²) in [6, 6.07) is 15.5. The van der Waals surface area contributed by atoms with E-state index in [1.165, 1.54) is 17.0 Å². The Morgan fingerprint density at radius 3 is 2.52 bits per heavy atom. The number of aromatic hydroxyl groups is 1. The number of nitrogens with zero attached hydrogens (tertiary/aromatic N) is 3. The molecule has 0 fully saturated rings. The summed E-state index contributed by atoms with van der Waals surface area (Å²) in [7, 11) is 0. The molecular weight excluding hydrogens is 292 g/mol. The summed E-state index contributed by atoms with van der Waals surface area (Å²) in [5.74, 6) is 0.102. The molecule has 1 aromatic heterocycles. The van der Waals surface area contributed by atoms with Crippen molar-refractivity contribution in [2.24, 2.45) is 4.99 Å². The van der Waals surface area contributed by atoms with Crippen molar-refractivity contribution in [3.63, 3.8) is 0 Å². The Balaban J connectivity index is 2.07. The summed E-state index contributed by atoms with van der Waals surface area (Å²) in [6.07, 6.45) is 1.29. The first-order valence-electron chi connectivity index (χ1n) is 6.80. The largest absolute Gasteiger partial charge is 0.506 e. The summed E-state index contributed by atoms with van der Waals surface area (Å²) < 4.78 is 1.29. The van der Waals surface area contributed by atoms with Crippen molar-refractivity contribution in [2.75, 3.05) is 0 Å². The summed E-state index contributed by atoms with van der Waals surface area (Å²) in [5.41, 5.74) is 0.730. The van der Waals surface area contributed by atoms with Crippen molar-refractivity contribution in [1.29, 1.82) is 0 Å². The number of aromatic amines is 1. The van der Waals surface area contributed by atoms with E-state index in [-0.39, 0.29) is 22.7 Å². The molecule has 0 amide bonds. The molecule has 0 saturated heterocycles. The van der Waals surface area contributed by atoms with Gasteiger partial charge in [0, 0.05) is 6.21 Å². The molecule has 0 spiro atoms. The molecule has 3 aromatic rings. The molecule has 0 radical (unpaired) electrons. The normalized spacial score (nSPS) is 10.7. The van der Waals surface area contributed by atoms with Crippen molar-refractivity contribution < 1.29 is 5.11 Å². The van der Waals surface area contributed by atoms with Crippen LogP contribution in [-0.4, -0.2) is 21.1 Å². The number of aliphatic imine (C=N–C) groups is 1. The van der Waals surface area contributed by atoms with Crippen LogP contribution < -0.4 is 5.56 Å². The molecule has 6 nitrogen and oxygen atoms in total. The molecule has 6 heteroatoms. The molecular formula is C17H12N4O2. The summed E-state index contributed by atoms with van der Waals surface area (Å²) in [4.78, 5) is 19.9. The highest BCUT2D eigenvalue weighted by atomic mass is 16.3. The van der Waals surface area contributed by atoms with Gasteiger partial charge in [-0.1, -0.05) is 36.9 Å². The second kappa shape index (κ2) is 6.03. The molecule has 2 aromatic carbocycles. The third kappa shape index (κ3) is 2.76. The Labute approximate surface area is 131 Å². The molecule has 0 atom stereocenters. The van der Waals surface area contributed by atoms with Crippen LogP contribution >= 0.6 is 0 Å². The number of aromatic nitrogens is 2. The van der Waals surface area contributed by atoms with Gasteiger partial charge in [0.05, 0.1) is 11.3 Å². The third-order valence-electron chi connectivity index (χ3n) is 3.25. The van der Waals surface area contributed by atoms with Crippen molar-refractivity contribution in [1.82, 2.24) is 9.78 Å². The average Bonchev–Trinajstić information content (AvgIpc) is 2.91. The number of phenolic OH excluding ortho intramolecular Hbond substituents is 1. The number of para-hydroxylation sites is 3.